The van der Waals surface area contributed by atoms with Crippen molar-refractivity contribution < 1.29 is 9.90 Å². The first-order chi connectivity index (χ1) is 13.6. The van der Waals surface area contributed by atoms with Gasteiger partial charge in [0, 0.05) is 38.3 Å². The van der Waals surface area contributed by atoms with E-state index in [1.807, 2.05) is 14.1 Å². The lowest BCUT2D eigenvalue weighted by Gasteiger charge is -2.38. The van der Waals surface area contributed by atoms with E-state index in [4.69, 9.17) is 9.97 Å². The van der Waals surface area contributed by atoms with Gasteiger partial charge in [-0.15, -0.1) is 0 Å². The van der Waals surface area contributed by atoms with Crippen LogP contribution in [0.2, 0.25) is 0 Å². The van der Waals surface area contributed by atoms with Gasteiger partial charge in [-0.1, -0.05) is 20.8 Å². The number of rotatable bonds is 5. The number of nitrogens with zero attached hydrogens (tertiary/aromatic N) is 4. The Bertz CT molecular complexity index is 721. The Morgan fingerprint density at radius 1 is 1.10 bits per heavy atom. The van der Waals surface area contributed by atoms with Crippen LogP contribution < -0.4 is 10.2 Å². The number of anilines is 2. The lowest BCUT2D eigenvalue weighted by atomic mass is 9.88. The first-order valence-electron chi connectivity index (χ1n) is 11.0. The standard InChI is InChI=1S/C22H37N5O2/c1-22(2,3)14-27(21(28)29)16-12-10-15(11-13-16)23-20-24-18-9-7-6-8-17(18)19(25-20)26(4)5/h15-16H,6-14H2,1-5H3,(H,28,29)(H,23,24,25)/t15-,16+. The van der Waals surface area contributed by atoms with E-state index in [1.165, 1.54) is 24.1 Å². The molecule has 1 fully saturated rings. The van der Waals surface area contributed by atoms with E-state index < -0.39 is 6.09 Å². The normalized spacial score (nSPS) is 22.0. The van der Waals surface area contributed by atoms with Crippen molar-refractivity contribution in [3.63, 3.8) is 0 Å². The van der Waals surface area contributed by atoms with Gasteiger partial charge in [0.15, 0.2) is 0 Å². The molecular formula is C22H37N5O2. The minimum atomic E-state index is -0.801. The molecule has 0 bridgehead atoms. The summed E-state index contributed by atoms with van der Waals surface area (Å²) >= 11 is 0. The molecule has 1 saturated carbocycles. The highest BCUT2D eigenvalue weighted by atomic mass is 16.4. The molecule has 1 amide bonds. The second-order valence-electron chi connectivity index (χ2n) is 10.0. The minimum absolute atomic E-state index is 0.0347. The fourth-order valence-electron chi connectivity index (χ4n) is 4.59. The van der Waals surface area contributed by atoms with E-state index in [0.29, 0.717) is 12.6 Å². The molecule has 0 unspecified atom stereocenters. The number of carboxylic acid groups (broad SMARTS) is 1. The lowest BCUT2D eigenvalue weighted by Crippen LogP contribution is -2.46. The van der Waals surface area contributed by atoms with Crippen LogP contribution in [0.5, 0.6) is 0 Å². The number of hydrogen-bond acceptors (Lipinski definition) is 5. The SMILES string of the molecule is CN(C)c1nc(N[C@H]2CC[C@@H](N(CC(C)(C)C)C(=O)O)CC2)nc2c1CCCC2. The summed E-state index contributed by atoms with van der Waals surface area (Å²) in [5.41, 5.74) is 2.45. The van der Waals surface area contributed by atoms with E-state index in [-0.39, 0.29) is 11.5 Å². The number of nitrogens with one attached hydrogen (secondary N) is 1. The molecule has 7 heteroatoms. The van der Waals surface area contributed by atoms with Crippen LogP contribution in [-0.4, -0.2) is 58.8 Å². The summed E-state index contributed by atoms with van der Waals surface area (Å²) in [4.78, 5) is 25.1. The zero-order valence-electron chi connectivity index (χ0n) is 18.7. The summed E-state index contributed by atoms with van der Waals surface area (Å²) in [6, 6.07) is 0.403. The van der Waals surface area contributed by atoms with Crippen LogP contribution in [0.15, 0.2) is 0 Å². The monoisotopic (exact) mass is 403 g/mol. The Kier molecular flexibility index (Phi) is 6.54. The Labute approximate surface area is 174 Å². The molecule has 0 aliphatic heterocycles. The van der Waals surface area contributed by atoms with Crippen molar-refractivity contribution in [1.82, 2.24) is 14.9 Å². The molecule has 162 valence electrons. The number of carbonyl (C=O) groups is 1. The fraction of sp³-hybridized carbons (Fsp3) is 0.773. The maximum absolute atomic E-state index is 11.8. The summed E-state index contributed by atoms with van der Waals surface area (Å²) in [5.74, 6) is 1.76. The molecule has 3 rings (SSSR count). The smallest absolute Gasteiger partial charge is 0.407 e. The maximum Gasteiger partial charge on any atom is 0.407 e. The van der Waals surface area contributed by atoms with E-state index in [0.717, 1.165) is 50.3 Å². The van der Waals surface area contributed by atoms with Gasteiger partial charge in [-0.05, 0) is 56.8 Å². The molecule has 1 aromatic heterocycles. The second-order valence-corrected chi connectivity index (χ2v) is 10.0. The fourth-order valence-corrected chi connectivity index (χ4v) is 4.59. The Morgan fingerprint density at radius 3 is 2.34 bits per heavy atom. The quantitative estimate of drug-likeness (QED) is 0.768. The maximum atomic E-state index is 11.8. The van der Waals surface area contributed by atoms with Crippen LogP contribution in [0.1, 0.15) is 70.6 Å². The van der Waals surface area contributed by atoms with Gasteiger partial charge in [-0.2, -0.15) is 4.98 Å². The molecule has 0 saturated heterocycles. The van der Waals surface area contributed by atoms with Gasteiger partial charge in [0.05, 0.1) is 5.69 Å². The van der Waals surface area contributed by atoms with Gasteiger partial charge >= 0.3 is 6.09 Å². The van der Waals surface area contributed by atoms with E-state index in [9.17, 15) is 9.90 Å². The zero-order valence-corrected chi connectivity index (χ0v) is 18.7. The summed E-state index contributed by atoms with van der Waals surface area (Å²) in [6.45, 7) is 6.84. The van der Waals surface area contributed by atoms with Crippen molar-refractivity contribution in [3.05, 3.63) is 11.3 Å². The van der Waals surface area contributed by atoms with Crippen molar-refractivity contribution in [2.24, 2.45) is 5.41 Å². The van der Waals surface area contributed by atoms with E-state index >= 15 is 0 Å². The molecule has 0 radical (unpaired) electrons. The van der Waals surface area contributed by atoms with Crippen LogP contribution in [0.3, 0.4) is 0 Å². The summed E-state index contributed by atoms with van der Waals surface area (Å²) in [5, 5.41) is 13.2. The van der Waals surface area contributed by atoms with Crippen LogP contribution in [0.4, 0.5) is 16.6 Å². The highest BCUT2D eigenvalue weighted by molar-refractivity contribution is 5.65. The predicted molar refractivity (Wildman–Crippen MR) is 117 cm³/mol. The van der Waals surface area contributed by atoms with Gasteiger partial charge < -0.3 is 20.2 Å². The molecule has 2 aliphatic carbocycles. The molecular weight excluding hydrogens is 366 g/mol. The van der Waals surface area contributed by atoms with E-state index in [1.54, 1.807) is 4.90 Å². The summed E-state index contributed by atoms with van der Waals surface area (Å²) < 4.78 is 0. The first-order valence-corrected chi connectivity index (χ1v) is 11.0. The molecule has 7 nitrogen and oxygen atoms in total. The molecule has 1 aromatic rings. The van der Waals surface area contributed by atoms with Crippen LogP contribution >= 0.6 is 0 Å². The van der Waals surface area contributed by atoms with Gasteiger partial charge in [-0.3, -0.25) is 0 Å². The molecule has 29 heavy (non-hydrogen) atoms. The molecule has 0 atom stereocenters. The number of aromatic nitrogens is 2. The van der Waals surface area contributed by atoms with Crippen LogP contribution in [0, 0.1) is 5.41 Å². The Hall–Kier alpha value is -2.05. The average molecular weight is 404 g/mol. The Balaban J connectivity index is 1.65. The van der Waals surface area contributed by atoms with Gasteiger partial charge in [0.2, 0.25) is 5.95 Å². The predicted octanol–water partition coefficient (Wildman–Crippen LogP) is 4.17. The third-order valence-corrected chi connectivity index (χ3v) is 5.95. The highest BCUT2D eigenvalue weighted by Crippen LogP contribution is 2.31. The van der Waals surface area contributed by atoms with Crippen molar-refractivity contribution in [2.75, 3.05) is 30.9 Å². The van der Waals surface area contributed by atoms with Crippen molar-refractivity contribution in [3.8, 4) is 0 Å². The molecule has 1 heterocycles. The molecule has 0 aromatic carbocycles. The van der Waals surface area contributed by atoms with Crippen LogP contribution in [-0.2, 0) is 12.8 Å². The minimum Gasteiger partial charge on any atom is -0.465 e. The van der Waals surface area contributed by atoms with Crippen LogP contribution in [0.25, 0.3) is 0 Å². The number of amides is 1. The second kappa shape index (κ2) is 8.76. The van der Waals surface area contributed by atoms with Gasteiger partial charge in [0.25, 0.3) is 0 Å². The third-order valence-electron chi connectivity index (χ3n) is 5.95. The van der Waals surface area contributed by atoms with Gasteiger partial charge in [0.1, 0.15) is 5.82 Å². The van der Waals surface area contributed by atoms with Crippen molar-refractivity contribution in [1.29, 1.82) is 0 Å². The number of hydrogen-bond donors (Lipinski definition) is 2. The largest absolute Gasteiger partial charge is 0.465 e. The average Bonchev–Trinajstić information content (AvgIpc) is 2.65. The molecule has 2 aliphatic rings. The molecule has 2 N–H and O–H groups in total. The van der Waals surface area contributed by atoms with Gasteiger partial charge in [-0.25, -0.2) is 9.78 Å². The van der Waals surface area contributed by atoms with Crippen molar-refractivity contribution >= 4 is 17.9 Å². The summed E-state index contributed by atoms with van der Waals surface area (Å²) in [6.07, 6.45) is 7.34. The summed E-state index contributed by atoms with van der Waals surface area (Å²) in [7, 11) is 4.09. The number of aryl methyl sites for hydroxylation is 1. The number of fused-ring (bicyclic) bond motifs is 1. The first kappa shape index (κ1) is 21.7. The Morgan fingerprint density at radius 2 is 1.76 bits per heavy atom. The lowest BCUT2D eigenvalue weighted by molar-refractivity contribution is 0.0876. The molecule has 0 spiro atoms. The highest BCUT2D eigenvalue weighted by Gasteiger charge is 2.31. The van der Waals surface area contributed by atoms with E-state index in [2.05, 4.69) is 31.0 Å². The zero-order chi connectivity index (χ0) is 21.2. The topological polar surface area (TPSA) is 81.6 Å². The third kappa shape index (κ3) is 5.52. The van der Waals surface area contributed by atoms with Crippen molar-refractivity contribution in [2.45, 2.75) is 84.2 Å².